The van der Waals surface area contributed by atoms with E-state index in [2.05, 4.69) is 15.9 Å². The van der Waals surface area contributed by atoms with Crippen LogP contribution in [0.1, 0.15) is 18.1 Å². The van der Waals surface area contributed by atoms with Gasteiger partial charge in [-0.1, -0.05) is 30.3 Å². The van der Waals surface area contributed by atoms with E-state index in [0.29, 0.717) is 25.5 Å². The first-order chi connectivity index (χ1) is 9.74. The van der Waals surface area contributed by atoms with Crippen LogP contribution < -0.4 is 15.2 Å². The summed E-state index contributed by atoms with van der Waals surface area (Å²) in [6, 6.07) is 13.9. The Bertz CT molecular complexity index is 558. The van der Waals surface area contributed by atoms with Gasteiger partial charge in [0.25, 0.3) is 0 Å². The molecular formula is C16H18BrNO2. The third kappa shape index (κ3) is 3.74. The van der Waals surface area contributed by atoms with Gasteiger partial charge < -0.3 is 15.2 Å². The van der Waals surface area contributed by atoms with Crippen LogP contribution in [-0.2, 0) is 13.2 Å². The quantitative estimate of drug-likeness (QED) is 0.870. The fourth-order valence-corrected chi connectivity index (χ4v) is 2.48. The highest BCUT2D eigenvalue weighted by molar-refractivity contribution is 9.10. The van der Waals surface area contributed by atoms with Crippen LogP contribution in [0.25, 0.3) is 0 Å². The second kappa shape index (κ2) is 7.31. The topological polar surface area (TPSA) is 44.5 Å². The van der Waals surface area contributed by atoms with E-state index in [-0.39, 0.29) is 0 Å². The molecule has 0 bridgehead atoms. The number of nitrogens with two attached hydrogens (primary N) is 1. The molecular weight excluding hydrogens is 318 g/mol. The molecule has 2 aromatic rings. The zero-order valence-electron chi connectivity index (χ0n) is 11.4. The summed E-state index contributed by atoms with van der Waals surface area (Å²) < 4.78 is 12.4. The van der Waals surface area contributed by atoms with Crippen molar-refractivity contribution < 1.29 is 9.47 Å². The first-order valence-corrected chi connectivity index (χ1v) is 7.36. The van der Waals surface area contributed by atoms with Gasteiger partial charge in [0.05, 0.1) is 11.1 Å². The van der Waals surface area contributed by atoms with Crippen LogP contribution in [0, 0.1) is 0 Å². The molecule has 2 N–H and O–H groups in total. The van der Waals surface area contributed by atoms with E-state index in [0.717, 1.165) is 21.3 Å². The van der Waals surface area contributed by atoms with E-state index in [9.17, 15) is 0 Å². The summed E-state index contributed by atoms with van der Waals surface area (Å²) in [5.41, 5.74) is 7.80. The van der Waals surface area contributed by atoms with Crippen LogP contribution in [0.5, 0.6) is 11.5 Å². The minimum Gasteiger partial charge on any atom is -0.490 e. The fraction of sp³-hybridized carbons (Fsp3) is 0.250. The molecule has 4 heteroatoms. The SMILES string of the molecule is CCOc1cc(CN)cc(Br)c1OCc1ccccc1. The van der Waals surface area contributed by atoms with Gasteiger partial charge >= 0.3 is 0 Å². The smallest absolute Gasteiger partial charge is 0.175 e. The van der Waals surface area contributed by atoms with Crippen molar-refractivity contribution in [3.63, 3.8) is 0 Å². The molecule has 0 unspecified atom stereocenters. The normalized spacial score (nSPS) is 10.3. The monoisotopic (exact) mass is 335 g/mol. The minimum atomic E-state index is 0.470. The Morgan fingerprint density at radius 3 is 2.45 bits per heavy atom. The van der Waals surface area contributed by atoms with Crippen LogP contribution in [0.15, 0.2) is 46.9 Å². The Morgan fingerprint density at radius 2 is 1.80 bits per heavy atom. The molecule has 2 rings (SSSR count). The maximum Gasteiger partial charge on any atom is 0.175 e. The second-order valence-corrected chi connectivity index (χ2v) is 5.17. The molecule has 0 heterocycles. The number of hydrogen-bond acceptors (Lipinski definition) is 3. The highest BCUT2D eigenvalue weighted by Gasteiger charge is 2.12. The van der Waals surface area contributed by atoms with Crippen molar-refractivity contribution in [3.8, 4) is 11.5 Å². The maximum absolute atomic E-state index is 5.89. The predicted octanol–water partition coefficient (Wildman–Crippen LogP) is 3.89. The van der Waals surface area contributed by atoms with Gasteiger partial charge in [-0.15, -0.1) is 0 Å². The predicted molar refractivity (Wildman–Crippen MR) is 84.0 cm³/mol. The summed E-state index contributed by atoms with van der Waals surface area (Å²) in [4.78, 5) is 0. The highest BCUT2D eigenvalue weighted by Crippen LogP contribution is 2.37. The van der Waals surface area contributed by atoms with E-state index in [1.165, 1.54) is 0 Å². The molecule has 0 radical (unpaired) electrons. The van der Waals surface area contributed by atoms with Crippen molar-refractivity contribution in [3.05, 3.63) is 58.1 Å². The van der Waals surface area contributed by atoms with Crippen molar-refractivity contribution in [2.24, 2.45) is 5.73 Å². The molecule has 106 valence electrons. The molecule has 0 spiro atoms. The standard InChI is InChI=1S/C16H18BrNO2/c1-2-19-15-9-13(10-18)8-14(17)16(15)20-11-12-6-4-3-5-7-12/h3-9H,2,10-11,18H2,1H3. The molecule has 0 fully saturated rings. The molecule has 0 aliphatic carbocycles. The van der Waals surface area contributed by atoms with Crippen molar-refractivity contribution >= 4 is 15.9 Å². The van der Waals surface area contributed by atoms with Crippen LogP contribution in [-0.4, -0.2) is 6.61 Å². The van der Waals surface area contributed by atoms with Crippen LogP contribution >= 0.6 is 15.9 Å². The van der Waals surface area contributed by atoms with Gasteiger partial charge in [0, 0.05) is 6.54 Å². The van der Waals surface area contributed by atoms with Crippen molar-refractivity contribution in [2.75, 3.05) is 6.61 Å². The van der Waals surface area contributed by atoms with Crippen molar-refractivity contribution in [2.45, 2.75) is 20.1 Å². The van der Waals surface area contributed by atoms with Crippen LogP contribution in [0.3, 0.4) is 0 Å². The number of rotatable bonds is 6. The average Bonchev–Trinajstić information content (AvgIpc) is 2.47. The lowest BCUT2D eigenvalue weighted by Gasteiger charge is -2.15. The molecule has 0 saturated heterocycles. The third-order valence-electron chi connectivity index (χ3n) is 2.83. The summed E-state index contributed by atoms with van der Waals surface area (Å²) in [7, 11) is 0. The lowest BCUT2D eigenvalue weighted by molar-refractivity contribution is 0.267. The maximum atomic E-state index is 5.89. The van der Waals surface area contributed by atoms with E-state index in [1.807, 2.05) is 49.4 Å². The molecule has 0 saturated carbocycles. The molecule has 0 atom stereocenters. The van der Waals surface area contributed by atoms with Gasteiger partial charge in [-0.25, -0.2) is 0 Å². The van der Waals surface area contributed by atoms with Gasteiger partial charge in [-0.3, -0.25) is 0 Å². The molecule has 0 aromatic heterocycles. The van der Waals surface area contributed by atoms with E-state index >= 15 is 0 Å². The van der Waals surface area contributed by atoms with E-state index in [4.69, 9.17) is 15.2 Å². The summed E-state index contributed by atoms with van der Waals surface area (Å²) >= 11 is 3.52. The minimum absolute atomic E-state index is 0.470. The molecule has 0 amide bonds. The van der Waals surface area contributed by atoms with Gasteiger partial charge in [-0.2, -0.15) is 0 Å². The molecule has 20 heavy (non-hydrogen) atoms. The Labute approximate surface area is 127 Å². The molecule has 3 nitrogen and oxygen atoms in total. The Hall–Kier alpha value is -1.52. The lowest BCUT2D eigenvalue weighted by Crippen LogP contribution is -2.03. The van der Waals surface area contributed by atoms with Gasteiger partial charge in [-0.05, 0) is 46.1 Å². The number of halogens is 1. The Balaban J connectivity index is 2.21. The average molecular weight is 336 g/mol. The first-order valence-electron chi connectivity index (χ1n) is 6.56. The molecule has 0 aliphatic rings. The van der Waals surface area contributed by atoms with E-state index in [1.54, 1.807) is 0 Å². The van der Waals surface area contributed by atoms with Crippen molar-refractivity contribution in [1.29, 1.82) is 0 Å². The summed E-state index contributed by atoms with van der Waals surface area (Å²) in [6.45, 7) is 3.51. The number of ether oxygens (including phenoxy) is 2. The largest absolute Gasteiger partial charge is 0.490 e. The number of benzene rings is 2. The first kappa shape index (κ1) is 14.9. The second-order valence-electron chi connectivity index (χ2n) is 4.32. The zero-order valence-corrected chi connectivity index (χ0v) is 13.0. The molecule has 0 aliphatic heterocycles. The summed E-state index contributed by atoms with van der Waals surface area (Å²) in [5.74, 6) is 1.44. The highest BCUT2D eigenvalue weighted by atomic mass is 79.9. The number of hydrogen-bond donors (Lipinski definition) is 1. The summed E-state index contributed by atoms with van der Waals surface area (Å²) in [6.07, 6.45) is 0. The van der Waals surface area contributed by atoms with E-state index < -0.39 is 0 Å². The Kier molecular flexibility index (Phi) is 5.44. The Morgan fingerprint density at radius 1 is 1.05 bits per heavy atom. The zero-order chi connectivity index (χ0) is 14.4. The lowest BCUT2D eigenvalue weighted by atomic mass is 10.2. The van der Waals surface area contributed by atoms with Crippen molar-refractivity contribution in [1.82, 2.24) is 0 Å². The van der Waals surface area contributed by atoms with Gasteiger partial charge in [0.15, 0.2) is 11.5 Å². The van der Waals surface area contributed by atoms with Gasteiger partial charge in [0.1, 0.15) is 6.61 Å². The van der Waals surface area contributed by atoms with Crippen LogP contribution in [0.4, 0.5) is 0 Å². The van der Waals surface area contributed by atoms with Gasteiger partial charge in [0.2, 0.25) is 0 Å². The molecule has 2 aromatic carbocycles. The summed E-state index contributed by atoms with van der Waals surface area (Å²) in [5, 5.41) is 0. The fourth-order valence-electron chi connectivity index (χ4n) is 1.87. The van der Waals surface area contributed by atoms with Crippen LogP contribution in [0.2, 0.25) is 0 Å². The third-order valence-corrected chi connectivity index (χ3v) is 3.42.